The Kier molecular flexibility index (Phi) is 9.65. The van der Waals surface area contributed by atoms with Crippen molar-refractivity contribution >= 4 is 23.4 Å². The fraction of sp³-hybridized carbons (Fsp3) is 0.467. The fourth-order valence-electron chi connectivity index (χ4n) is 1.52. The maximum atomic E-state index is 8.99. The number of thioether (sulfide) groups is 1. The van der Waals surface area contributed by atoms with Gasteiger partial charge in [-0.2, -0.15) is 10.5 Å². The largest absolute Gasteiger partial charge is 0.382 e. The molecule has 0 unspecified atom stereocenters. The van der Waals surface area contributed by atoms with Crippen molar-refractivity contribution in [1.82, 2.24) is 0 Å². The molecule has 7 heteroatoms. The van der Waals surface area contributed by atoms with E-state index in [4.69, 9.17) is 36.3 Å². The van der Waals surface area contributed by atoms with Gasteiger partial charge >= 0.3 is 0 Å². The molecule has 0 aromatic heterocycles. The van der Waals surface area contributed by atoms with Gasteiger partial charge in [0.05, 0.1) is 49.2 Å². The second kappa shape index (κ2) is 11.3. The number of halogens is 1. The Bertz CT molecular complexity index is 555. The summed E-state index contributed by atoms with van der Waals surface area (Å²) in [7, 11) is 1.63. The number of hydrogen-bond acceptors (Lipinski definition) is 6. The van der Waals surface area contributed by atoms with Gasteiger partial charge in [-0.1, -0.05) is 11.6 Å². The van der Waals surface area contributed by atoms with Crippen LogP contribution in [0, 0.1) is 22.7 Å². The predicted octanol–water partition coefficient (Wildman–Crippen LogP) is 2.86. The number of hydrogen-bond donors (Lipinski definition) is 0. The first-order valence-corrected chi connectivity index (χ1v) is 8.00. The Balaban J connectivity index is 2.28. The van der Waals surface area contributed by atoms with Crippen molar-refractivity contribution in [2.75, 3.05) is 45.9 Å². The lowest BCUT2D eigenvalue weighted by molar-refractivity contribution is 0.0286. The van der Waals surface area contributed by atoms with Gasteiger partial charge in [0.15, 0.2) is 0 Å². The maximum Gasteiger partial charge on any atom is 0.101 e. The molecule has 118 valence electrons. The summed E-state index contributed by atoms with van der Waals surface area (Å²) < 4.78 is 15.6. The van der Waals surface area contributed by atoms with Gasteiger partial charge in [-0.05, 0) is 12.1 Å². The van der Waals surface area contributed by atoms with Gasteiger partial charge in [0.2, 0.25) is 0 Å². The molecule has 5 nitrogen and oxygen atoms in total. The standard InChI is InChI=1S/C15H17ClN2O3S/c1-19-2-3-20-4-5-21-6-7-22-15-9-13(11-18)12(10-17)8-14(15)16/h8-9H,2-7H2,1H3. The Morgan fingerprint density at radius 3 is 2.23 bits per heavy atom. The van der Waals surface area contributed by atoms with Crippen LogP contribution in [0.15, 0.2) is 17.0 Å². The second-order valence-corrected chi connectivity index (χ2v) is 5.66. The molecule has 0 N–H and O–H groups in total. The zero-order valence-electron chi connectivity index (χ0n) is 12.3. The molecule has 1 rings (SSSR count). The summed E-state index contributed by atoms with van der Waals surface area (Å²) in [5.74, 6) is 0.703. The van der Waals surface area contributed by atoms with Crippen molar-refractivity contribution in [3.05, 3.63) is 28.3 Å². The first-order chi connectivity index (χ1) is 10.7. The van der Waals surface area contributed by atoms with E-state index in [9.17, 15) is 0 Å². The van der Waals surface area contributed by atoms with Gasteiger partial charge in [0, 0.05) is 17.8 Å². The zero-order valence-corrected chi connectivity index (χ0v) is 13.9. The van der Waals surface area contributed by atoms with E-state index in [1.807, 2.05) is 12.1 Å². The quantitative estimate of drug-likeness (QED) is 0.481. The van der Waals surface area contributed by atoms with Crippen LogP contribution in [-0.2, 0) is 14.2 Å². The van der Waals surface area contributed by atoms with E-state index in [0.29, 0.717) is 54.9 Å². The van der Waals surface area contributed by atoms with Crippen molar-refractivity contribution in [3.8, 4) is 12.1 Å². The molecule has 0 spiro atoms. The molecule has 0 fully saturated rings. The van der Waals surface area contributed by atoms with Crippen LogP contribution in [0.2, 0.25) is 5.02 Å². The topological polar surface area (TPSA) is 75.3 Å². The molecule has 0 atom stereocenters. The van der Waals surface area contributed by atoms with Gasteiger partial charge < -0.3 is 14.2 Å². The molecular weight excluding hydrogens is 324 g/mol. The molecule has 1 aromatic carbocycles. The Labute approximate surface area is 139 Å². The fourth-order valence-corrected chi connectivity index (χ4v) is 2.67. The summed E-state index contributed by atoms with van der Waals surface area (Å²) >= 11 is 7.58. The molecule has 0 aliphatic carbocycles. The number of benzene rings is 1. The lowest BCUT2D eigenvalue weighted by Crippen LogP contribution is -2.09. The first-order valence-electron chi connectivity index (χ1n) is 6.64. The van der Waals surface area contributed by atoms with Crippen molar-refractivity contribution in [2.45, 2.75) is 4.90 Å². The molecule has 0 aliphatic rings. The highest BCUT2D eigenvalue weighted by Crippen LogP contribution is 2.29. The van der Waals surface area contributed by atoms with E-state index < -0.39 is 0 Å². The molecule has 0 amide bonds. The monoisotopic (exact) mass is 340 g/mol. The molecule has 1 aromatic rings. The molecule has 0 saturated heterocycles. The third kappa shape index (κ3) is 6.65. The number of methoxy groups -OCH3 is 1. The van der Waals surface area contributed by atoms with Crippen molar-refractivity contribution in [2.24, 2.45) is 0 Å². The van der Waals surface area contributed by atoms with Crippen LogP contribution in [0.4, 0.5) is 0 Å². The highest BCUT2D eigenvalue weighted by atomic mass is 35.5. The van der Waals surface area contributed by atoms with Crippen molar-refractivity contribution < 1.29 is 14.2 Å². The van der Waals surface area contributed by atoms with E-state index in [-0.39, 0.29) is 0 Å². The third-order valence-corrected chi connectivity index (χ3v) is 4.05. The molecule has 0 radical (unpaired) electrons. The molecule has 0 bridgehead atoms. The summed E-state index contributed by atoms with van der Waals surface area (Å²) in [6.45, 7) is 2.75. The predicted molar refractivity (Wildman–Crippen MR) is 85.1 cm³/mol. The minimum absolute atomic E-state index is 0.293. The van der Waals surface area contributed by atoms with Crippen LogP contribution < -0.4 is 0 Å². The summed E-state index contributed by atoms with van der Waals surface area (Å²) in [5.41, 5.74) is 0.628. The number of rotatable bonds is 10. The third-order valence-electron chi connectivity index (χ3n) is 2.60. The van der Waals surface area contributed by atoms with Crippen LogP contribution in [0.5, 0.6) is 0 Å². The summed E-state index contributed by atoms with van der Waals surface area (Å²) in [5, 5.41) is 18.4. The second-order valence-electron chi connectivity index (χ2n) is 4.12. The van der Waals surface area contributed by atoms with Gasteiger partial charge in [-0.15, -0.1) is 11.8 Å². The van der Waals surface area contributed by atoms with Crippen molar-refractivity contribution in [1.29, 1.82) is 10.5 Å². The van der Waals surface area contributed by atoms with Crippen molar-refractivity contribution in [3.63, 3.8) is 0 Å². The lowest BCUT2D eigenvalue weighted by atomic mass is 10.1. The van der Waals surface area contributed by atoms with Gasteiger partial charge in [0.1, 0.15) is 12.1 Å². The SMILES string of the molecule is COCCOCCOCCSc1cc(C#N)c(C#N)cc1Cl. The van der Waals surface area contributed by atoms with Crippen LogP contribution in [0.1, 0.15) is 11.1 Å². The highest BCUT2D eigenvalue weighted by Gasteiger charge is 2.08. The average molecular weight is 341 g/mol. The summed E-state index contributed by atoms with van der Waals surface area (Å²) in [6, 6.07) is 7.11. The van der Waals surface area contributed by atoms with Gasteiger partial charge in [0.25, 0.3) is 0 Å². The summed E-state index contributed by atoms with van der Waals surface area (Å²) in [4.78, 5) is 0.775. The first kappa shape index (κ1) is 18.8. The molecule has 22 heavy (non-hydrogen) atoms. The zero-order chi connectivity index (χ0) is 16.2. The van der Waals surface area contributed by atoms with E-state index >= 15 is 0 Å². The Hall–Kier alpha value is -1.28. The average Bonchev–Trinajstić information content (AvgIpc) is 2.54. The Morgan fingerprint density at radius 2 is 1.59 bits per heavy atom. The smallest absolute Gasteiger partial charge is 0.101 e. The maximum absolute atomic E-state index is 8.99. The molecule has 0 heterocycles. The van der Waals surface area contributed by atoms with E-state index in [1.54, 1.807) is 13.2 Å². The van der Waals surface area contributed by atoms with Crippen LogP contribution in [0.25, 0.3) is 0 Å². The minimum atomic E-state index is 0.293. The Morgan fingerprint density at radius 1 is 1.00 bits per heavy atom. The summed E-state index contributed by atoms with van der Waals surface area (Å²) in [6.07, 6.45) is 0. The van der Waals surface area contributed by atoms with Crippen LogP contribution >= 0.6 is 23.4 Å². The number of nitriles is 2. The number of nitrogens with zero attached hydrogens (tertiary/aromatic N) is 2. The lowest BCUT2D eigenvalue weighted by Gasteiger charge is -2.07. The van der Waals surface area contributed by atoms with Gasteiger partial charge in [-0.3, -0.25) is 0 Å². The van der Waals surface area contributed by atoms with E-state index in [1.165, 1.54) is 17.8 Å². The minimum Gasteiger partial charge on any atom is -0.382 e. The van der Waals surface area contributed by atoms with Crippen LogP contribution in [0.3, 0.4) is 0 Å². The molecule has 0 aliphatic heterocycles. The van der Waals surface area contributed by atoms with Crippen LogP contribution in [-0.4, -0.2) is 45.9 Å². The molecule has 0 saturated carbocycles. The molecular formula is C15H17ClN2O3S. The normalized spacial score (nSPS) is 10.2. The van der Waals surface area contributed by atoms with Gasteiger partial charge in [-0.25, -0.2) is 0 Å². The van der Waals surface area contributed by atoms with E-state index in [2.05, 4.69) is 0 Å². The van der Waals surface area contributed by atoms with E-state index in [0.717, 1.165) is 4.90 Å². The highest BCUT2D eigenvalue weighted by molar-refractivity contribution is 7.99. The number of ether oxygens (including phenoxy) is 3.